The molecule has 1 aliphatic carbocycles. The van der Waals surface area contributed by atoms with Gasteiger partial charge in [-0.15, -0.1) is 48.5 Å². The summed E-state index contributed by atoms with van der Waals surface area (Å²) < 4.78 is 42.1. The van der Waals surface area contributed by atoms with Crippen LogP contribution in [0.1, 0.15) is 30.5 Å². The lowest BCUT2D eigenvalue weighted by atomic mass is 10.1. The Morgan fingerprint density at radius 2 is 2.07 bits per heavy atom. The number of hydrogen-bond acceptors (Lipinski definition) is 5. The van der Waals surface area contributed by atoms with Gasteiger partial charge in [-0.25, -0.2) is 9.98 Å². The van der Waals surface area contributed by atoms with E-state index in [1.54, 1.807) is 23.5 Å². The first kappa shape index (κ1) is 24.5. The summed E-state index contributed by atoms with van der Waals surface area (Å²) in [7, 11) is 3.87. The molecule has 2 unspecified atom stereocenters. The predicted molar refractivity (Wildman–Crippen MR) is 124 cm³/mol. The number of nitrogens with zero attached hydrogens (tertiary/aromatic N) is 3. The van der Waals surface area contributed by atoms with Gasteiger partial charge in [0.15, 0.2) is 11.1 Å². The van der Waals surface area contributed by atoms with Crippen molar-refractivity contribution in [3.63, 3.8) is 0 Å². The third-order valence-electron chi connectivity index (χ3n) is 4.32. The maximum absolute atomic E-state index is 12.7. The molecule has 2 aromatic rings. The van der Waals surface area contributed by atoms with E-state index < -0.39 is 6.36 Å². The van der Waals surface area contributed by atoms with E-state index in [-0.39, 0.29) is 41.7 Å². The van der Waals surface area contributed by atoms with Crippen LogP contribution in [0.15, 0.2) is 34.6 Å². The monoisotopic (exact) mass is 555 g/mol. The molecular weight excluding hydrogens is 530 g/mol. The standard InChI is InChI=1S/C19H24F3N5OS.HI/c1-4-23-17(24-10-12-11-29-18(25-12)27(2)3)26-15-9-14(15)13-7-5-6-8-16(13)28-19(20,21)22;/h5-8,11,14-15H,4,9-10H2,1-3H3,(H2,23,24,26);1H. The molecule has 30 heavy (non-hydrogen) atoms. The second-order valence-electron chi connectivity index (χ2n) is 6.89. The van der Waals surface area contributed by atoms with Gasteiger partial charge < -0.3 is 20.3 Å². The first-order valence-corrected chi connectivity index (χ1v) is 10.2. The number of anilines is 1. The third-order valence-corrected chi connectivity index (χ3v) is 5.38. The van der Waals surface area contributed by atoms with Crippen LogP contribution in [0, 0.1) is 0 Å². The van der Waals surface area contributed by atoms with E-state index in [1.165, 1.54) is 12.1 Å². The number of alkyl halides is 3. The molecule has 0 aliphatic heterocycles. The van der Waals surface area contributed by atoms with Crippen molar-refractivity contribution >= 4 is 46.4 Å². The lowest BCUT2D eigenvalue weighted by Gasteiger charge is -2.14. The Kier molecular flexibility index (Phi) is 8.59. The van der Waals surface area contributed by atoms with Crippen molar-refractivity contribution in [2.24, 2.45) is 4.99 Å². The van der Waals surface area contributed by atoms with Crippen LogP contribution in [-0.4, -0.2) is 44.0 Å². The van der Waals surface area contributed by atoms with Crippen molar-refractivity contribution in [2.75, 3.05) is 25.5 Å². The summed E-state index contributed by atoms with van der Waals surface area (Å²) in [5.41, 5.74) is 1.42. The summed E-state index contributed by atoms with van der Waals surface area (Å²) in [5.74, 6) is 0.417. The van der Waals surface area contributed by atoms with Gasteiger partial charge in [0, 0.05) is 38.0 Å². The molecule has 0 saturated heterocycles. The van der Waals surface area contributed by atoms with E-state index in [4.69, 9.17) is 0 Å². The SMILES string of the molecule is CCNC(=NCc1csc(N(C)C)n1)NC1CC1c1ccccc1OC(F)(F)F.I. The fourth-order valence-electron chi connectivity index (χ4n) is 2.93. The fraction of sp³-hybridized carbons (Fsp3) is 0.474. The number of thiazole rings is 1. The molecule has 1 aromatic carbocycles. The van der Waals surface area contributed by atoms with Crippen molar-refractivity contribution < 1.29 is 17.9 Å². The highest BCUT2D eigenvalue weighted by molar-refractivity contribution is 14.0. The lowest BCUT2D eigenvalue weighted by molar-refractivity contribution is -0.274. The highest BCUT2D eigenvalue weighted by atomic mass is 127. The maximum atomic E-state index is 12.7. The van der Waals surface area contributed by atoms with Crippen molar-refractivity contribution in [3.05, 3.63) is 40.9 Å². The second kappa shape index (κ2) is 10.5. The zero-order valence-corrected chi connectivity index (χ0v) is 20.0. The molecule has 1 saturated carbocycles. The lowest BCUT2D eigenvalue weighted by Crippen LogP contribution is -2.39. The van der Waals surface area contributed by atoms with E-state index in [1.807, 2.05) is 31.3 Å². The first-order chi connectivity index (χ1) is 13.8. The molecule has 1 aromatic heterocycles. The second-order valence-corrected chi connectivity index (χ2v) is 7.73. The largest absolute Gasteiger partial charge is 0.573 e. The molecule has 1 heterocycles. The van der Waals surface area contributed by atoms with E-state index >= 15 is 0 Å². The van der Waals surface area contributed by atoms with Crippen LogP contribution in [0.5, 0.6) is 5.75 Å². The Morgan fingerprint density at radius 1 is 1.33 bits per heavy atom. The summed E-state index contributed by atoms with van der Waals surface area (Å²) in [5, 5.41) is 9.35. The minimum Gasteiger partial charge on any atom is -0.405 e. The summed E-state index contributed by atoms with van der Waals surface area (Å²) in [6, 6.07) is 6.28. The Labute approximate surface area is 195 Å². The number of halogens is 4. The van der Waals surface area contributed by atoms with E-state index in [0.29, 0.717) is 31.0 Å². The van der Waals surface area contributed by atoms with E-state index in [9.17, 15) is 13.2 Å². The zero-order valence-electron chi connectivity index (χ0n) is 16.9. The molecule has 11 heteroatoms. The van der Waals surface area contributed by atoms with Crippen LogP contribution in [0.2, 0.25) is 0 Å². The van der Waals surface area contributed by atoms with Gasteiger partial charge in [0.1, 0.15) is 5.75 Å². The van der Waals surface area contributed by atoms with Crippen molar-refractivity contribution in [2.45, 2.75) is 38.2 Å². The molecule has 0 amide bonds. The molecule has 2 atom stereocenters. The molecule has 1 aliphatic rings. The average Bonchev–Trinajstić information content (AvgIpc) is 3.22. The number of nitrogens with one attached hydrogen (secondary N) is 2. The van der Waals surface area contributed by atoms with Gasteiger partial charge in [-0.2, -0.15) is 0 Å². The summed E-state index contributed by atoms with van der Waals surface area (Å²) in [6.07, 6.45) is -3.99. The third kappa shape index (κ3) is 6.89. The number of guanidine groups is 1. The number of hydrogen-bond donors (Lipinski definition) is 2. The van der Waals surface area contributed by atoms with Gasteiger partial charge in [-0.1, -0.05) is 18.2 Å². The average molecular weight is 555 g/mol. The minimum absolute atomic E-state index is 0. The van der Waals surface area contributed by atoms with Crippen molar-refractivity contribution in [1.29, 1.82) is 0 Å². The smallest absolute Gasteiger partial charge is 0.405 e. The maximum Gasteiger partial charge on any atom is 0.573 e. The molecule has 166 valence electrons. The molecule has 0 radical (unpaired) electrons. The number of aromatic nitrogens is 1. The predicted octanol–water partition coefficient (Wildman–Crippen LogP) is 4.34. The fourth-order valence-corrected chi connectivity index (χ4v) is 3.68. The van der Waals surface area contributed by atoms with Crippen LogP contribution in [0.25, 0.3) is 0 Å². The molecule has 0 spiro atoms. The van der Waals surface area contributed by atoms with Gasteiger partial charge in [0.05, 0.1) is 12.2 Å². The molecule has 0 bridgehead atoms. The Morgan fingerprint density at radius 3 is 2.70 bits per heavy atom. The van der Waals surface area contributed by atoms with Gasteiger partial charge in [-0.05, 0) is 25.0 Å². The van der Waals surface area contributed by atoms with Crippen molar-refractivity contribution in [3.8, 4) is 5.75 Å². The number of aliphatic imine (C=N–C) groups is 1. The van der Waals surface area contributed by atoms with Gasteiger partial charge in [-0.3, -0.25) is 0 Å². The topological polar surface area (TPSA) is 61.8 Å². The number of benzene rings is 1. The Hall–Kier alpha value is -1.76. The minimum atomic E-state index is -4.71. The number of rotatable bonds is 7. The van der Waals surface area contributed by atoms with E-state index in [2.05, 4.69) is 25.3 Å². The summed E-state index contributed by atoms with van der Waals surface area (Å²) in [4.78, 5) is 11.0. The molecular formula is C19H25F3IN5OS. The van der Waals surface area contributed by atoms with Gasteiger partial charge >= 0.3 is 6.36 Å². The molecule has 1 fully saturated rings. The molecule has 3 rings (SSSR count). The molecule has 6 nitrogen and oxygen atoms in total. The molecule has 2 N–H and O–H groups in total. The zero-order chi connectivity index (χ0) is 21.0. The van der Waals surface area contributed by atoms with Crippen LogP contribution in [0.4, 0.5) is 18.3 Å². The Bertz CT molecular complexity index is 859. The Balaban J connectivity index is 0.00000320. The van der Waals surface area contributed by atoms with Gasteiger partial charge in [0.2, 0.25) is 0 Å². The van der Waals surface area contributed by atoms with Gasteiger partial charge in [0.25, 0.3) is 0 Å². The highest BCUT2D eigenvalue weighted by Gasteiger charge is 2.42. The van der Waals surface area contributed by atoms with E-state index in [0.717, 1.165) is 10.8 Å². The van der Waals surface area contributed by atoms with Crippen molar-refractivity contribution in [1.82, 2.24) is 15.6 Å². The summed E-state index contributed by atoms with van der Waals surface area (Å²) >= 11 is 1.55. The van der Waals surface area contributed by atoms with Crippen LogP contribution in [0.3, 0.4) is 0 Å². The first-order valence-electron chi connectivity index (χ1n) is 9.28. The van der Waals surface area contributed by atoms with Crippen LogP contribution in [-0.2, 0) is 6.54 Å². The highest BCUT2D eigenvalue weighted by Crippen LogP contribution is 2.45. The number of para-hydroxylation sites is 1. The number of ether oxygens (including phenoxy) is 1. The van der Waals surface area contributed by atoms with Crippen LogP contribution < -0.4 is 20.3 Å². The van der Waals surface area contributed by atoms with Crippen LogP contribution >= 0.6 is 35.3 Å². The normalized spacial score (nSPS) is 18.4. The quantitative estimate of drug-likeness (QED) is 0.303. The summed E-state index contributed by atoms with van der Waals surface area (Å²) in [6.45, 7) is 3.06.